The zero-order valence-corrected chi connectivity index (χ0v) is 12.1. The molecular formula is C11H16BrN3O3. The molecule has 1 aromatic rings. The summed E-state index contributed by atoms with van der Waals surface area (Å²) in [5.41, 5.74) is -1.43. The minimum atomic E-state index is -0.604. The Morgan fingerprint density at radius 2 is 2.11 bits per heavy atom. The molecule has 100 valence electrons. The summed E-state index contributed by atoms with van der Waals surface area (Å²) in [6, 6.07) is 0. The van der Waals surface area contributed by atoms with Gasteiger partial charge >= 0.3 is 5.69 Å². The maximum atomic E-state index is 11.8. The third-order valence-electron chi connectivity index (χ3n) is 2.64. The SMILES string of the molecule is CCC(C)(C)NC(=O)Cn1cc(Br)c(=O)[nH]c1=O. The molecule has 0 atom stereocenters. The number of rotatable bonds is 4. The van der Waals surface area contributed by atoms with E-state index in [0.717, 1.165) is 11.0 Å². The Morgan fingerprint density at radius 3 is 2.67 bits per heavy atom. The minimum Gasteiger partial charge on any atom is -0.350 e. The molecule has 0 saturated carbocycles. The number of nitrogens with zero attached hydrogens (tertiary/aromatic N) is 1. The highest BCUT2D eigenvalue weighted by molar-refractivity contribution is 9.10. The molecular weight excluding hydrogens is 302 g/mol. The number of hydrogen-bond donors (Lipinski definition) is 2. The highest BCUT2D eigenvalue weighted by Gasteiger charge is 2.18. The van der Waals surface area contributed by atoms with Crippen molar-refractivity contribution in [1.29, 1.82) is 0 Å². The van der Waals surface area contributed by atoms with Crippen molar-refractivity contribution in [2.24, 2.45) is 0 Å². The van der Waals surface area contributed by atoms with Crippen molar-refractivity contribution in [1.82, 2.24) is 14.9 Å². The molecule has 0 aliphatic carbocycles. The number of carbonyl (C=O) groups is 1. The number of nitrogens with one attached hydrogen (secondary N) is 2. The van der Waals surface area contributed by atoms with Crippen LogP contribution in [0.5, 0.6) is 0 Å². The van der Waals surface area contributed by atoms with Gasteiger partial charge < -0.3 is 5.32 Å². The first kappa shape index (κ1) is 14.7. The molecule has 7 heteroatoms. The lowest BCUT2D eigenvalue weighted by atomic mass is 10.0. The summed E-state index contributed by atoms with van der Waals surface area (Å²) in [6.07, 6.45) is 2.09. The standard InChI is InChI=1S/C11H16BrN3O3/c1-4-11(2,3)14-8(16)6-15-5-7(12)9(17)13-10(15)18/h5H,4,6H2,1-3H3,(H,14,16)(H,13,17,18). The number of H-pyrrole nitrogens is 1. The molecule has 0 spiro atoms. The monoisotopic (exact) mass is 317 g/mol. The van der Waals surface area contributed by atoms with Gasteiger partial charge in [0.05, 0.1) is 4.47 Å². The summed E-state index contributed by atoms with van der Waals surface area (Å²) in [5.74, 6) is -0.275. The Labute approximate surface area is 113 Å². The topological polar surface area (TPSA) is 84.0 Å². The molecule has 0 unspecified atom stereocenters. The molecule has 0 bridgehead atoms. The maximum Gasteiger partial charge on any atom is 0.328 e. The molecule has 0 aliphatic heterocycles. The second-order valence-electron chi connectivity index (χ2n) is 4.65. The number of aromatic amines is 1. The quantitative estimate of drug-likeness (QED) is 0.853. The van der Waals surface area contributed by atoms with E-state index < -0.39 is 11.2 Å². The van der Waals surface area contributed by atoms with Crippen molar-refractivity contribution < 1.29 is 4.79 Å². The second kappa shape index (κ2) is 5.51. The van der Waals surface area contributed by atoms with Crippen LogP contribution in [0.3, 0.4) is 0 Å². The fraction of sp³-hybridized carbons (Fsp3) is 0.545. The average molecular weight is 318 g/mol. The summed E-state index contributed by atoms with van der Waals surface area (Å²) in [4.78, 5) is 36.5. The van der Waals surface area contributed by atoms with Crippen LogP contribution in [0.1, 0.15) is 27.2 Å². The fourth-order valence-corrected chi connectivity index (χ4v) is 1.61. The summed E-state index contributed by atoms with van der Waals surface area (Å²) < 4.78 is 1.36. The van der Waals surface area contributed by atoms with Gasteiger partial charge in [-0.25, -0.2) is 4.79 Å². The van der Waals surface area contributed by atoms with E-state index in [1.54, 1.807) is 0 Å². The average Bonchev–Trinajstić information content (AvgIpc) is 2.25. The lowest BCUT2D eigenvalue weighted by molar-refractivity contribution is -0.123. The predicted molar refractivity (Wildman–Crippen MR) is 71.5 cm³/mol. The minimum absolute atomic E-state index is 0.127. The van der Waals surface area contributed by atoms with Gasteiger partial charge in [-0.15, -0.1) is 0 Å². The molecule has 0 radical (unpaired) electrons. The number of aromatic nitrogens is 2. The van der Waals surface area contributed by atoms with Crippen LogP contribution in [0.2, 0.25) is 0 Å². The van der Waals surface area contributed by atoms with E-state index >= 15 is 0 Å². The van der Waals surface area contributed by atoms with Crippen LogP contribution in [0, 0.1) is 0 Å². The van der Waals surface area contributed by atoms with Gasteiger partial charge in [-0.2, -0.15) is 0 Å². The number of carbonyl (C=O) groups excluding carboxylic acids is 1. The largest absolute Gasteiger partial charge is 0.350 e. The van der Waals surface area contributed by atoms with Crippen molar-refractivity contribution in [2.75, 3.05) is 0 Å². The summed E-state index contributed by atoms with van der Waals surface area (Å²) in [6.45, 7) is 5.63. The lowest BCUT2D eigenvalue weighted by Crippen LogP contribution is -2.45. The molecule has 0 aromatic carbocycles. The van der Waals surface area contributed by atoms with Crippen LogP contribution in [-0.2, 0) is 11.3 Å². The molecule has 1 amide bonds. The normalized spacial score (nSPS) is 11.3. The number of amides is 1. The van der Waals surface area contributed by atoms with Crippen molar-refractivity contribution >= 4 is 21.8 Å². The lowest BCUT2D eigenvalue weighted by Gasteiger charge is -2.24. The van der Waals surface area contributed by atoms with E-state index in [4.69, 9.17) is 0 Å². The van der Waals surface area contributed by atoms with E-state index in [1.165, 1.54) is 6.20 Å². The van der Waals surface area contributed by atoms with Crippen molar-refractivity contribution in [3.63, 3.8) is 0 Å². The van der Waals surface area contributed by atoms with E-state index in [-0.39, 0.29) is 22.5 Å². The predicted octanol–water partition coefficient (Wildman–Crippen LogP) is 0.604. The van der Waals surface area contributed by atoms with Gasteiger partial charge in [-0.05, 0) is 36.2 Å². The Kier molecular flexibility index (Phi) is 4.50. The van der Waals surface area contributed by atoms with E-state index in [1.807, 2.05) is 20.8 Å². The number of hydrogen-bond acceptors (Lipinski definition) is 3. The smallest absolute Gasteiger partial charge is 0.328 e. The van der Waals surface area contributed by atoms with Gasteiger partial charge in [-0.1, -0.05) is 6.92 Å². The van der Waals surface area contributed by atoms with Crippen LogP contribution in [-0.4, -0.2) is 21.0 Å². The molecule has 1 rings (SSSR count). The van der Waals surface area contributed by atoms with Gasteiger partial charge in [0.25, 0.3) is 5.56 Å². The summed E-state index contributed by atoms with van der Waals surface area (Å²) in [5, 5.41) is 2.81. The third-order valence-corrected chi connectivity index (χ3v) is 3.21. The van der Waals surface area contributed by atoms with Crippen molar-refractivity contribution in [3.8, 4) is 0 Å². The van der Waals surface area contributed by atoms with E-state index in [2.05, 4.69) is 26.2 Å². The van der Waals surface area contributed by atoms with Gasteiger partial charge in [0, 0.05) is 11.7 Å². The first-order valence-electron chi connectivity index (χ1n) is 5.55. The first-order valence-corrected chi connectivity index (χ1v) is 6.35. The molecule has 0 aliphatic rings. The van der Waals surface area contributed by atoms with Gasteiger partial charge in [0.15, 0.2) is 0 Å². The van der Waals surface area contributed by atoms with E-state index in [0.29, 0.717) is 0 Å². The zero-order chi connectivity index (χ0) is 13.9. The Bertz CT molecular complexity index is 559. The van der Waals surface area contributed by atoms with Crippen LogP contribution in [0.25, 0.3) is 0 Å². The number of halogens is 1. The van der Waals surface area contributed by atoms with Gasteiger partial charge in [0.1, 0.15) is 6.54 Å². The van der Waals surface area contributed by atoms with Gasteiger partial charge in [-0.3, -0.25) is 19.1 Å². The molecule has 1 aromatic heterocycles. The van der Waals surface area contributed by atoms with Crippen molar-refractivity contribution in [2.45, 2.75) is 39.3 Å². The Hall–Kier alpha value is -1.37. The Morgan fingerprint density at radius 1 is 1.50 bits per heavy atom. The summed E-state index contributed by atoms with van der Waals surface area (Å²) >= 11 is 3.01. The third kappa shape index (κ3) is 3.83. The molecule has 1 heterocycles. The van der Waals surface area contributed by atoms with Crippen LogP contribution in [0.4, 0.5) is 0 Å². The molecule has 0 fully saturated rings. The first-order chi connectivity index (χ1) is 8.25. The van der Waals surface area contributed by atoms with E-state index in [9.17, 15) is 14.4 Å². The molecule has 18 heavy (non-hydrogen) atoms. The van der Waals surface area contributed by atoms with Gasteiger partial charge in [0.2, 0.25) is 5.91 Å². The van der Waals surface area contributed by atoms with Crippen LogP contribution in [0.15, 0.2) is 20.3 Å². The van der Waals surface area contributed by atoms with Crippen LogP contribution >= 0.6 is 15.9 Å². The summed E-state index contributed by atoms with van der Waals surface area (Å²) in [7, 11) is 0. The highest BCUT2D eigenvalue weighted by Crippen LogP contribution is 2.06. The maximum absolute atomic E-state index is 11.8. The van der Waals surface area contributed by atoms with Crippen molar-refractivity contribution in [3.05, 3.63) is 31.5 Å². The highest BCUT2D eigenvalue weighted by atomic mass is 79.9. The van der Waals surface area contributed by atoms with Crippen LogP contribution < -0.4 is 16.6 Å². The molecule has 0 saturated heterocycles. The molecule has 6 nitrogen and oxygen atoms in total. The Balaban J connectivity index is 2.86. The second-order valence-corrected chi connectivity index (χ2v) is 5.50. The fourth-order valence-electron chi connectivity index (χ4n) is 1.26. The zero-order valence-electron chi connectivity index (χ0n) is 10.5. The molecule has 2 N–H and O–H groups in total.